The lowest BCUT2D eigenvalue weighted by Crippen LogP contribution is -2.29. The highest BCUT2D eigenvalue weighted by Gasteiger charge is 2.14. The summed E-state index contributed by atoms with van der Waals surface area (Å²) in [5, 5.41) is 3.38. The largest absolute Gasteiger partial charge is 0.493 e. The molecule has 0 amide bonds. The third-order valence-electron chi connectivity index (χ3n) is 3.38. The molecule has 0 saturated carbocycles. The lowest BCUT2D eigenvalue weighted by atomic mass is 10.1. The van der Waals surface area contributed by atoms with Crippen LogP contribution in [0.15, 0.2) is 18.3 Å². The van der Waals surface area contributed by atoms with E-state index in [1.54, 1.807) is 13.3 Å². The number of rotatable bonds is 6. The van der Waals surface area contributed by atoms with Crippen LogP contribution in [0.2, 0.25) is 0 Å². The van der Waals surface area contributed by atoms with Gasteiger partial charge in [0, 0.05) is 19.3 Å². The Morgan fingerprint density at radius 2 is 2.22 bits per heavy atom. The number of likely N-dealkylation sites (tertiary alicyclic amines) is 1. The zero-order chi connectivity index (χ0) is 12.8. The predicted molar refractivity (Wildman–Crippen MR) is 74.1 cm³/mol. The van der Waals surface area contributed by atoms with Crippen LogP contribution in [0.3, 0.4) is 0 Å². The SMILES string of the molecule is COc1cccnc1NCC(C)CN1CCCC1. The molecular weight excluding hydrogens is 226 g/mol. The topological polar surface area (TPSA) is 37.4 Å². The van der Waals surface area contributed by atoms with Gasteiger partial charge < -0.3 is 15.0 Å². The van der Waals surface area contributed by atoms with Crippen LogP contribution in [0.25, 0.3) is 0 Å². The Hall–Kier alpha value is -1.29. The molecule has 1 aliphatic heterocycles. The normalized spacial score (nSPS) is 17.7. The summed E-state index contributed by atoms with van der Waals surface area (Å²) in [7, 11) is 1.68. The zero-order valence-corrected chi connectivity index (χ0v) is 11.4. The molecule has 4 heteroatoms. The summed E-state index contributed by atoms with van der Waals surface area (Å²) in [6.07, 6.45) is 4.50. The van der Waals surface area contributed by atoms with Gasteiger partial charge in [-0.25, -0.2) is 4.98 Å². The maximum Gasteiger partial charge on any atom is 0.168 e. The van der Waals surface area contributed by atoms with Gasteiger partial charge in [0.1, 0.15) is 0 Å². The lowest BCUT2D eigenvalue weighted by Gasteiger charge is -2.21. The summed E-state index contributed by atoms with van der Waals surface area (Å²) in [6, 6.07) is 3.82. The van der Waals surface area contributed by atoms with Gasteiger partial charge in [-0.1, -0.05) is 6.92 Å². The molecule has 1 saturated heterocycles. The molecule has 2 heterocycles. The van der Waals surface area contributed by atoms with E-state index in [-0.39, 0.29) is 0 Å². The van der Waals surface area contributed by atoms with Crippen LogP contribution in [0.5, 0.6) is 5.75 Å². The zero-order valence-electron chi connectivity index (χ0n) is 11.4. The van der Waals surface area contributed by atoms with Crippen molar-refractivity contribution in [3.8, 4) is 5.75 Å². The average Bonchev–Trinajstić information content (AvgIpc) is 2.89. The molecule has 0 aliphatic carbocycles. The van der Waals surface area contributed by atoms with Crippen molar-refractivity contribution in [3.05, 3.63) is 18.3 Å². The Bertz CT molecular complexity index is 364. The second-order valence-electron chi connectivity index (χ2n) is 5.05. The standard InChI is InChI=1S/C14H23N3O/c1-12(11-17-8-3-4-9-17)10-16-14-13(18-2)6-5-7-15-14/h5-7,12H,3-4,8-11H2,1-2H3,(H,15,16). The molecule has 0 bridgehead atoms. The van der Waals surface area contributed by atoms with Crippen LogP contribution in [-0.2, 0) is 0 Å². The number of anilines is 1. The number of aromatic nitrogens is 1. The van der Waals surface area contributed by atoms with E-state index >= 15 is 0 Å². The first kappa shape index (κ1) is 13.1. The summed E-state index contributed by atoms with van der Waals surface area (Å²) < 4.78 is 5.28. The van der Waals surface area contributed by atoms with Crippen molar-refractivity contribution in [2.75, 3.05) is 38.6 Å². The summed E-state index contributed by atoms with van der Waals surface area (Å²) in [5.74, 6) is 2.27. The molecule has 4 nitrogen and oxygen atoms in total. The van der Waals surface area contributed by atoms with Gasteiger partial charge in [0.15, 0.2) is 11.6 Å². The van der Waals surface area contributed by atoms with Crippen LogP contribution in [0.4, 0.5) is 5.82 Å². The van der Waals surface area contributed by atoms with Crippen LogP contribution in [0.1, 0.15) is 19.8 Å². The number of methoxy groups -OCH3 is 1. The van der Waals surface area contributed by atoms with E-state index in [1.807, 2.05) is 12.1 Å². The summed E-state index contributed by atoms with van der Waals surface area (Å²) in [6.45, 7) is 6.90. The Morgan fingerprint density at radius 1 is 1.44 bits per heavy atom. The van der Waals surface area contributed by atoms with Crippen molar-refractivity contribution in [1.82, 2.24) is 9.88 Å². The average molecular weight is 249 g/mol. The number of hydrogen-bond acceptors (Lipinski definition) is 4. The maximum absolute atomic E-state index is 5.28. The van der Waals surface area contributed by atoms with Gasteiger partial charge in [0.05, 0.1) is 7.11 Å². The van der Waals surface area contributed by atoms with Crippen LogP contribution in [-0.4, -0.2) is 43.2 Å². The fraction of sp³-hybridized carbons (Fsp3) is 0.643. The van der Waals surface area contributed by atoms with Crippen molar-refractivity contribution < 1.29 is 4.74 Å². The molecular formula is C14H23N3O. The molecule has 1 fully saturated rings. The second-order valence-corrected chi connectivity index (χ2v) is 5.05. The highest BCUT2D eigenvalue weighted by molar-refractivity contribution is 5.49. The van der Waals surface area contributed by atoms with Gasteiger partial charge in [-0.05, 0) is 44.0 Å². The first-order valence-electron chi connectivity index (χ1n) is 6.75. The van der Waals surface area contributed by atoms with Crippen molar-refractivity contribution in [3.63, 3.8) is 0 Å². The van der Waals surface area contributed by atoms with E-state index < -0.39 is 0 Å². The molecule has 1 aliphatic rings. The van der Waals surface area contributed by atoms with Crippen LogP contribution >= 0.6 is 0 Å². The first-order chi connectivity index (χ1) is 8.79. The quantitative estimate of drug-likeness (QED) is 0.839. The maximum atomic E-state index is 5.28. The van der Waals surface area contributed by atoms with Gasteiger partial charge in [-0.15, -0.1) is 0 Å². The van der Waals surface area contributed by atoms with Gasteiger partial charge in [-0.2, -0.15) is 0 Å². The molecule has 0 aromatic carbocycles. The number of nitrogens with zero attached hydrogens (tertiary/aromatic N) is 2. The number of pyridine rings is 1. The lowest BCUT2D eigenvalue weighted by molar-refractivity contribution is 0.294. The number of hydrogen-bond donors (Lipinski definition) is 1. The first-order valence-corrected chi connectivity index (χ1v) is 6.75. The highest BCUT2D eigenvalue weighted by atomic mass is 16.5. The van der Waals surface area contributed by atoms with Gasteiger partial charge in [0.2, 0.25) is 0 Å². The predicted octanol–water partition coefficient (Wildman–Crippen LogP) is 2.23. The second kappa shape index (κ2) is 6.59. The Kier molecular flexibility index (Phi) is 4.81. The molecule has 1 atom stereocenters. The third kappa shape index (κ3) is 3.60. The molecule has 18 heavy (non-hydrogen) atoms. The van der Waals surface area contributed by atoms with E-state index in [1.165, 1.54) is 32.5 Å². The Balaban J connectivity index is 1.79. The van der Waals surface area contributed by atoms with E-state index in [2.05, 4.69) is 22.1 Å². The fourth-order valence-corrected chi connectivity index (χ4v) is 2.43. The summed E-state index contributed by atoms with van der Waals surface area (Å²) in [4.78, 5) is 6.85. The minimum Gasteiger partial charge on any atom is -0.493 e. The molecule has 1 N–H and O–H groups in total. The Labute approximate surface area is 109 Å². The van der Waals surface area contributed by atoms with E-state index in [4.69, 9.17) is 4.74 Å². The summed E-state index contributed by atoms with van der Waals surface area (Å²) in [5.41, 5.74) is 0. The molecule has 1 aromatic rings. The van der Waals surface area contributed by atoms with Crippen molar-refractivity contribution >= 4 is 5.82 Å². The molecule has 0 radical (unpaired) electrons. The summed E-state index contributed by atoms with van der Waals surface area (Å²) >= 11 is 0. The van der Waals surface area contributed by atoms with E-state index in [0.29, 0.717) is 5.92 Å². The minimum absolute atomic E-state index is 0.620. The van der Waals surface area contributed by atoms with Crippen LogP contribution in [0, 0.1) is 5.92 Å². The van der Waals surface area contributed by atoms with Gasteiger partial charge in [0.25, 0.3) is 0 Å². The molecule has 1 aromatic heterocycles. The van der Waals surface area contributed by atoms with Crippen molar-refractivity contribution in [1.29, 1.82) is 0 Å². The third-order valence-corrected chi connectivity index (χ3v) is 3.38. The number of ether oxygens (including phenoxy) is 1. The highest BCUT2D eigenvalue weighted by Crippen LogP contribution is 2.20. The van der Waals surface area contributed by atoms with E-state index in [0.717, 1.165) is 18.1 Å². The molecule has 1 unspecified atom stereocenters. The fourth-order valence-electron chi connectivity index (χ4n) is 2.43. The van der Waals surface area contributed by atoms with Gasteiger partial charge >= 0.3 is 0 Å². The minimum atomic E-state index is 0.620. The Morgan fingerprint density at radius 3 is 2.94 bits per heavy atom. The van der Waals surface area contributed by atoms with Crippen molar-refractivity contribution in [2.45, 2.75) is 19.8 Å². The number of nitrogens with one attached hydrogen (secondary N) is 1. The molecule has 0 spiro atoms. The smallest absolute Gasteiger partial charge is 0.168 e. The van der Waals surface area contributed by atoms with Crippen LogP contribution < -0.4 is 10.1 Å². The van der Waals surface area contributed by atoms with E-state index in [9.17, 15) is 0 Å². The van der Waals surface area contributed by atoms with Gasteiger partial charge in [-0.3, -0.25) is 0 Å². The van der Waals surface area contributed by atoms with Crippen molar-refractivity contribution in [2.24, 2.45) is 5.92 Å². The molecule has 100 valence electrons. The molecule has 2 rings (SSSR count). The monoisotopic (exact) mass is 249 g/mol.